The van der Waals surface area contributed by atoms with E-state index in [4.69, 9.17) is 23.8 Å². The summed E-state index contributed by atoms with van der Waals surface area (Å²) in [6.07, 6.45) is 0.0389. The molecule has 2 rings (SSSR count). The maximum Gasteiger partial charge on any atom is 0.307 e. The molecule has 1 aromatic rings. The van der Waals surface area contributed by atoms with Crippen LogP contribution in [0, 0.1) is 0 Å². The van der Waals surface area contributed by atoms with E-state index >= 15 is 0 Å². The maximum absolute atomic E-state index is 12.2. The number of thiocarbonyl (C=S) groups is 1. The van der Waals surface area contributed by atoms with Crippen LogP contribution in [0.25, 0.3) is 0 Å². The standard InChI is InChI=1S/C13H12ClNO3S2/c1-18-11(16)6-10-12(17)15(13(19)20-10)7-8-2-4-9(14)5-3-8/h2-5,10H,6-7H2,1H3/t10-/m1/s1. The molecular formula is C13H12ClNO3S2. The van der Waals surface area contributed by atoms with Gasteiger partial charge in [0.2, 0.25) is 5.91 Å². The highest BCUT2D eigenvalue weighted by molar-refractivity contribution is 8.24. The van der Waals surface area contributed by atoms with Gasteiger partial charge in [0, 0.05) is 5.02 Å². The number of benzene rings is 1. The molecule has 0 N–H and O–H groups in total. The summed E-state index contributed by atoms with van der Waals surface area (Å²) in [6.45, 7) is 0.388. The number of amides is 1. The molecule has 0 unspecified atom stereocenters. The fourth-order valence-electron chi connectivity index (χ4n) is 1.78. The molecule has 1 amide bonds. The van der Waals surface area contributed by atoms with Gasteiger partial charge in [-0.25, -0.2) is 0 Å². The number of nitrogens with zero attached hydrogens (tertiary/aromatic N) is 1. The van der Waals surface area contributed by atoms with E-state index in [-0.39, 0.29) is 12.3 Å². The number of esters is 1. The fourth-order valence-corrected chi connectivity index (χ4v) is 3.38. The van der Waals surface area contributed by atoms with Crippen LogP contribution in [0.1, 0.15) is 12.0 Å². The zero-order chi connectivity index (χ0) is 14.7. The Morgan fingerprint density at radius 2 is 2.10 bits per heavy atom. The van der Waals surface area contributed by atoms with Gasteiger partial charge in [0.25, 0.3) is 0 Å². The van der Waals surface area contributed by atoms with Crippen LogP contribution in [0.3, 0.4) is 0 Å². The Labute approximate surface area is 131 Å². The zero-order valence-electron chi connectivity index (χ0n) is 10.7. The number of hydrogen-bond acceptors (Lipinski definition) is 5. The van der Waals surface area contributed by atoms with E-state index in [2.05, 4.69) is 4.74 Å². The van der Waals surface area contributed by atoms with Crippen LogP contribution in [0.4, 0.5) is 0 Å². The maximum atomic E-state index is 12.2. The smallest absolute Gasteiger partial charge is 0.307 e. The Kier molecular flexibility index (Phi) is 5.01. The highest BCUT2D eigenvalue weighted by atomic mass is 35.5. The minimum absolute atomic E-state index is 0.0389. The minimum Gasteiger partial charge on any atom is -0.469 e. The van der Waals surface area contributed by atoms with Crippen LogP contribution in [0.15, 0.2) is 24.3 Å². The number of thioether (sulfide) groups is 1. The third kappa shape index (κ3) is 3.50. The van der Waals surface area contributed by atoms with Crippen molar-refractivity contribution >= 4 is 51.8 Å². The Morgan fingerprint density at radius 3 is 2.70 bits per heavy atom. The predicted octanol–water partition coefficient (Wildman–Crippen LogP) is 2.63. The number of ether oxygens (including phenoxy) is 1. The molecule has 0 aliphatic carbocycles. The molecule has 1 fully saturated rings. The molecule has 1 heterocycles. The summed E-state index contributed by atoms with van der Waals surface area (Å²) in [5, 5.41) is 0.157. The van der Waals surface area contributed by atoms with Gasteiger partial charge in [-0.05, 0) is 17.7 Å². The highest BCUT2D eigenvalue weighted by Gasteiger charge is 2.38. The van der Waals surface area contributed by atoms with Crippen molar-refractivity contribution in [3.8, 4) is 0 Å². The van der Waals surface area contributed by atoms with E-state index in [1.807, 2.05) is 12.1 Å². The SMILES string of the molecule is COC(=O)C[C@H]1SC(=S)N(Cc2ccc(Cl)cc2)C1=O. The molecule has 7 heteroatoms. The van der Waals surface area contributed by atoms with Crippen molar-refractivity contribution in [1.82, 2.24) is 4.90 Å². The number of carbonyl (C=O) groups is 2. The van der Waals surface area contributed by atoms with Gasteiger partial charge in [-0.1, -0.05) is 47.7 Å². The van der Waals surface area contributed by atoms with Crippen molar-refractivity contribution in [2.24, 2.45) is 0 Å². The summed E-state index contributed by atoms with van der Waals surface area (Å²) >= 11 is 12.2. The lowest BCUT2D eigenvalue weighted by Gasteiger charge is -2.15. The predicted molar refractivity (Wildman–Crippen MR) is 82.6 cm³/mol. The van der Waals surface area contributed by atoms with Crippen molar-refractivity contribution in [3.05, 3.63) is 34.9 Å². The monoisotopic (exact) mass is 329 g/mol. The van der Waals surface area contributed by atoms with E-state index in [0.717, 1.165) is 5.56 Å². The molecule has 0 aromatic heterocycles. The molecular weight excluding hydrogens is 318 g/mol. The molecule has 0 bridgehead atoms. The minimum atomic E-state index is -0.484. The number of hydrogen-bond donors (Lipinski definition) is 0. The first kappa shape index (κ1) is 15.3. The quantitative estimate of drug-likeness (QED) is 0.627. The van der Waals surface area contributed by atoms with Crippen LogP contribution in [-0.4, -0.2) is 33.5 Å². The van der Waals surface area contributed by atoms with Crippen molar-refractivity contribution in [2.75, 3.05) is 7.11 Å². The van der Waals surface area contributed by atoms with E-state index < -0.39 is 11.2 Å². The number of halogens is 1. The third-order valence-electron chi connectivity index (χ3n) is 2.84. The van der Waals surface area contributed by atoms with Gasteiger partial charge in [-0.3, -0.25) is 14.5 Å². The summed E-state index contributed by atoms with van der Waals surface area (Å²) < 4.78 is 5.07. The van der Waals surface area contributed by atoms with E-state index in [1.165, 1.54) is 23.8 Å². The summed E-state index contributed by atoms with van der Waals surface area (Å²) in [4.78, 5) is 25.0. The lowest BCUT2D eigenvalue weighted by Crippen LogP contribution is -2.31. The van der Waals surface area contributed by atoms with Crippen molar-refractivity contribution < 1.29 is 14.3 Å². The second-order valence-electron chi connectivity index (χ2n) is 4.20. The molecule has 20 heavy (non-hydrogen) atoms. The molecule has 1 aliphatic heterocycles. The van der Waals surface area contributed by atoms with Crippen LogP contribution >= 0.6 is 35.6 Å². The number of methoxy groups -OCH3 is 1. The van der Waals surface area contributed by atoms with Gasteiger partial charge in [0.05, 0.1) is 20.1 Å². The molecule has 1 aromatic carbocycles. The topological polar surface area (TPSA) is 46.6 Å². The zero-order valence-corrected chi connectivity index (χ0v) is 13.1. The summed E-state index contributed by atoms with van der Waals surface area (Å²) in [6, 6.07) is 7.21. The van der Waals surface area contributed by atoms with Crippen LogP contribution in [0.5, 0.6) is 0 Å². The molecule has 0 saturated carbocycles. The first-order chi connectivity index (χ1) is 9.51. The molecule has 106 valence electrons. The van der Waals surface area contributed by atoms with Crippen molar-refractivity contribution in [2.45, 2.75) is 18.2 Å². The Hall–Kier alpha value is -1.11. The molecule has 0 radical (unpaired) electrons. The second-order valence-corrected chi connectivity index (χ2v) is 6.48. The largest absolute Gasteiger partial charge is 0.469 e. The molecule has 0 spiro atoms. The van der Waals surface area contributed by atoms with Crippen LogP contribution < -0.4 is 0 Å². The van der Waals surface area contributed by atoms with Crippen molar-refractivity contribution in [3.63, 3.8) is 0 Å². The van der Waals surface area contributed by atoms with Crippen LogP contribution in [0.2, 0.25) is 5.02 Å². The highest BCUT2D eigenvalue weighted by Crippen LogP contribution is 2.31. The average Bonchev–Trinajstić information content (AvgIpc) is 2.68. The molecule has 1 saturated heterocycles. The average molecular weight is 330 g/mol. The Bertz CT molecular complexity index is 547. The van der Waals surface area contributed by atoms with Gasteiger partial charge < -0.3 is 4.74 Å². The van der Waals surface area contributed by atoms with E-state index in [1.54, 1.807) is 12.1 Å². The molecule has 4 nitrogen and oxygen atoms in total. The molecule has 1 aliphatic rings. The van der Waals surface area contributed by atoms with Crippen molar-refractivity contribution in [1.29, 1.82) is 0 Å². The number of carbonyl (C=O) groups excluding carboxylic acids is 2. The summed E-state index contributed by atoms with van der Waals surface area (Å²) in [7, 11) is 1.30. The van der Waals surface area contributed by atoms with Gasteiger partial charge in [-0.2, -0.15) is 0 Å². The third-order valence-corrected chi connectivity index (χ3v) is 4.67. The lowest BCUT2D eigenvalue weighted by molar-refractivity contribution is -0.142. The number of rotatable bonds is 4. The summed E-state index contributed by atoms with van der Waals surface area (Å²) in [5.74, 6) is -0.563. The fraction of sp³-hybridized carbons (Fsp3) is 0.308. The normalized spacial score (nSPS) is 18.5. The van der Waals surface area contributed by atoms with Gasteiger partial charge in [0.1, 0.15) is 9.57 Å². The van der Waals surface area contributed by atoms with Crippen LogP contribution in [-0.2, 0) is 20.9 Å². The first-order valence-corrected chi connectivity index (χ1v) is 7.51. The van der Waals surface area contributed by atoms with E-state index in [9.17, 15) is 9.59 Å². The molecule has 1 atom stereocenters. The van der Waals surface area contributed by atoms with Gasteiger partial charge in [-0.15, -0.1) is 0 Å². The van der Waals surface area contributed by atoms with E-state index in [0.29, 0.717) is 15.9 Å². The lowest BCUT2D eigenvalue weighted by atomic mass is 10.2. The first-order valence-electron chi connectivity index (χ1n) is 5.84. The Morgan fingerprint density at radius 1 is 1.45 bits per heavy atom. The van der Waals surface area contributed by atoms with Gasteiger partial charge >= 0.3 is 5.97 Å². The second kappa shape index (κ2) is 6.56. The summed E-state index contributed by atoms with van der Waals surface area (Å²) in [5.41, 5.74) is 0.935. The van der Waals surface area contributed by atoms with Gasteiger partial charge in [0.15, 0.2) is 0 Å². The Balaban J connectivity index is 2.05.